The normalized spacial score (nSPS) is 11.5. The Labute approximate surface area is 162 Å². The Morgan fingerprint density at radius 1 is 1.27 bits per heavy atom. The van der Waals surface area contributed by atoms with Gasteiger partial charge in [0.1, 0.15) is 11.7 Å². The average molecular weight is 444 g/mol. The first-order chi connectivity index (χ1) is 12.3. The number of hydrogen-bond acceptors (Lipinski definition) is 3. The summed E-state index contributed by atoms with van der Waals surface area (Å²) in [5, 5.41) is 14.0. The summed E-state index contributed by atoms with van der Waals surface area (Å²) in [7, 11) is 0. The molecule has 0 fully saturated rings. The number of carbonyl (C=O) groups is 3. The number of amides is 3. The van der Waals surface area contributed by atoms with Crippen molar-refractivity contribution in [1.82, 2.24) is 15.3 Å². The van der Waals surface area contributed by atoms with E-state index in [1.54, 1.807) is 24.3 Å². The molecule has 1 unspecified atom stereocenters. The monoisotopic (exact) mass is 442 g/mol. The second kappa shape index (κ2) is 8.72. The number of hydrogen-bond donors (Lipinski definition) is 4. The first-order valence-corrected chi connectivity index (χ1v) is 8.65. The van der Waals surface area contributed by atoms with Crippen molar-refractivity contribution in [2.24, 2.45) is 0 Å². The molecule has 1 atom stereocenters. The van der Waals surface area contributed by atoms with Crippen LogP contribution in [0.15, 0.2) is 41.0 Å². The van der Waals surface area contributed by atoms with E-state index < -0.39 is 23.9 Å². The molecule has 0 bridgehead atoms. The Morgan fingerprint density at radius 3 is 2.62 bits per heavy atom. The van der Waals surface area contributed by atoms with Gasteiger partial charge in [0.25, 0.3) is 11.8 Å². The summed E-state index contributed by atoms with van der Waals surface area (Å²) < 4.78 is 1.68. The first-order valence-electron chi connectivity index (χ1n) is 7.48. The third kappa shape index (κ3) is 4.99. The molecule has 0 spiro atoms. The fourth-order valence-corrected chi connectivity index (χ4v) is 2.78. The molecule has 138 valence electrons. The predicted molar refractivity (Wildman–Crippen MR) is 99.7 cm³/mol. The number of nitrogens with zero attached hydrogens (tertiary/aromatic N) is 1. The van der Waals surface area contributed by atoms with Gasteiger partial charge in [-0.2, -0.15) is 0 Å². The number of aromatic nitrogens is 1. The van der Waals surface area contributed by atoms with E-state index in [0.717, 1.165) is 5.56 Å². The molecule has 0 saturated heterocycles. The Hall–Kier alpha value is -2.52. The van der Waals surface area contributed by atoms with Crippen LogP contribution in [0.3, 0.4) is 0 Å². The van der Waals surface area contributed by atoms with E-state index in [0.29, 0.717) is 9.50 Å². The van der Waals surface area contributed by atoms with Crippen molar-refractivity contribution in [3.05, 3.63) is 57.3 Å². The van der Waals surface area contributed by atoms with Gasteiger partial charge in [0.15, 0.2) is 0 Å². The summed E-state index contributed by atoms with van der Waals surface area (Å²) >= 11 is 9.32. The molecule has 26 heavy (non-hydrogen) atoms. The average Bonchev–Trinajstić information content (AvgIpc) is 2.93. The Balaban J connectivity index is 2.08. The third-order valence-corrected chi connectivity index (χ3v) is 4.42. The number of rotatable bonds is 6. The van der Waals surface area contributed by atoms with Crippen LogP contribution in [0.25, 0.3) is 0 Å². The van der Waals surface area contributed by atoms with Crippen molar-refractivity contribution in [3.63, 3.8) is 0 Å². The standard InChI is InChI=1S/C16H16BrClN4O4/c1-9(20-16(25)26)14(23)21-22-7-6-11(17)13(22)15(24)19-8-10-4-2-3-5-12(10)18/h2-7,9,20H,8H2,1H3,(H,19,24)(H,21,23)(H,25,26). The molecule has 3 amide bonds. The molecule has 1 aromatic heterocycles. The summed E-state index contributed by atoms with van der Waals surface area (Å²) in [4.78, 5) is 35.1. The van der Waals surface area contributed by atoms with E-state index in [9.17, 15) is 14.4 Å². The van der Waals surface area contributed by atoms with Gasteiger partial charge in [0.05, 0.1) is 4.47 Å². The topological polar surface area (TPSA) is 112 Å². The molecule has 1 heterocycles. The van der Waals surface area contributed by atoms with Crippen LogP contribution < -0.4 is 16.1 Å². The van der Waals surface area contributed by atoms with Gasteiger partial charge in [-0.05, 0) is 40.5 Å². The van der Waals surface area contributed by atoms with Crippen molar-refractivity contribution >= 4 is 45.4 Å². The maximum Gasteiger partial charge on any atom is 0.405 e. The molecule has 1 aromatic carbocycles. The van der Waals surface area contributed by atoms with Gasteiger partial charge in [-0.1, -0.05) is 29.8 Å². The molecule has 8 nitrogen and oxygen atoms in total. The second-order valence-corrected chi connectivity index (χ2v) is 6.57. The third-order valence-electron chi connectivity index (χ3n) is 3.41. The Bertz CT molecular complexity index is 839. The van der Waals surface area contributed by atoms with Crippen LogP contribution in [-0.2, 0) is 11.3 Å². The zero-order valence-electron chi connectivity index (χ0n) is 13.6. The Morgan fingerprint density at radius 2 is 1.96 bits per heavy atom. The van der Waals surface area contributed by atoms with Crippen LogP contribution in [0.1, 0.15) is 23.0 Å². The minimum absolute atomic E-state index is 0.160. The Kier molecular flexibility index (Phi) is 6.64. The molecule has 0 aliphatic rings. The molecule has 0 aliphatic heterocycles. The smallest absolute Gasteiger partial charge is 0.405 e. The van der Waals surface area contributed by atoms with E-state index >= 15 is 0 Å². The molecule has 0 saturated carbocycles. The lowest BCUT2D eigenvalue weighted by Gasteiger charge is -2.15. The predicted octanol–water partition coefficient (Wildman–Crippen LogP) is 2.56. The van der Waals surface area contributed by atoms with Gasteiger partial charge in [-0.3, -0.25) is 19.7 Å². The van der Waals surface area contributed by atoms with E-state index in [1.165, 1.54) is 17.8 Å². The van der Waals surface area contributed by atoms with Crippen molar-refractivity contribution < 1.29 is 19.5 Å². The summed E-state index contributed by atoms with van der Waals surface area (Å²) in [5.41, 5.74) is 3.37. The van der Waals surface area contributed by atoms with Crippen molar-refractivity contribution in [2.45, 2.75) is 19.5 Å². The van der Waals surface area contributed by atoms with Crippen LogP contribution in [0.4, 0.5) is 4.79 Å². The summed E-state index contributed by atoms with van der Waals surface area (Å²) in [6.45, 7) is 1.60. The molecule has 4 N–H and O–H groups in total. The quantitative estimate of drug-likeness (QED) is 0.549. The molecular formula is C16H16BrClN4O4. The summed E-state index contributed by atoms with van der Waals surface area (Å²) in [6, 6.07) is 7.70. The lowest BCUT2D eigenvalue weighted by Crippen LogP contribution is -2.44. The zero-order valence-corrected chi connectivity index (χ0v) is 16.0. The lowest BCUT2D eigenvalue weighted by atomic mass is 10.2. The number of benzene rings is 1. The van der Waals surface area contributed by atoms with E-state index in [-0.39, 0.29) is 12.2 Å². The largest absolute Gasteiger partial charge is 0.465 e. The fourth-order valence-electron chi connectivity index (χ4n) is 2.09. The van der Waals surface area contributed by atoms with Gasteiger partial charge in [-0.15, -0.1) is 0 Å². The van der Waals surface area contributed by atoms with E-state index in [4.69, 9.17) is 16.7 Å². The highest BCUT2D eigenvalue weighted by atomic mass is 79.9. The highest BCUT2D eigenvalue weighted by Gasteiger charge is 2.20. The highest BCUT2D eigenvalue weighted by Crippen LogP contribution is 2.18. The lowest BCUT2D eigenvalue weighted by molar-refractivity contribution is -0.118. The SMILES string of the molecule is CC(NC(=O)O)C(=O)Nn1ccc(Br)c1C(=O)NCc1ccccc1Cl. The van der Waals surface area contributed by atoms with Crippen LogP contribution in [0.2, 0.25) is 5.02 Å². The van der Waals surface area contributed by atoms with Crippen LogP contribution in [-0.4, -0.2) is 33.7 Å². The zero-order chi connectivity index (χ0) is 19.3. The molecular weight excluding hydrogens is 428 g/mol. The highest BCUT2D eigenvalue weighted by molar-refractivity contribution is 9.10. The molecule has 0 aliphatic carbocycles. The molecule has 0 radical (unpaired) electrons. The van der Waals surface area contributed by atoms with E-state index in [1.807, 2.05) is 11.4 Å². The van der Waals surface area contributed by atoms with E-state index in [2.05, 4.69) is 26.7 Å². The molecule has 2 rings (SSSR count). The number of carbonyl (C=O) groups excluding carboxylic acids is 2. The van der Waals surface area contributed by atoms with Gasteiger partial charge < -0.3 is 15.7 Å². The maximum atomic E-state index is 12.5. The van der Waals surface area contributed by atoms with Crippen LogP contribution in [0.5, 0.6) is 0 Å². The molecule has 2 aromatic rings. The van der Waals surface area contributed by atoms with Crippen LogP contribution in [0, 0.1) is 0 Å². The maximum absolute atomic E-state index is 12.5. The second-order valence-electron chi connectivity index (χ2n) is 5.30. The van der Waals surface area contributed by atoms with Gasteiger partial charge in [-0.25, -0.2) is 4.79 Å². The summed E-state index contributed by atoms with van der Waals surface area (Å²) in [6.07, 6.45) is 0.152. The minimum atomic E-state index is -1.32. The van der Waals surface area contributed by atoms with Gasteiger partial charge in [0, 0.05) is 17.8 Å². The van der Waals surface area contributed by atoms with Crippen molar-refractivity contribution in [2.75, 3.05) is 5.43 Å². The number of nitrogens with one attached hydrogen (secondary N) is 3. The fraction of sp³-hybridized carbons (Fsp3) is 0.188. The van der Waals surface area contributed by atoms with Crippen molar-refractivity contribution in [3.8, 4) is 0 Å². The minimum Gasteiger partial charge on any atom is -0.465 e. The van der Waals surface area contributed by atoms with Gasteiger partial charge in [0.2, 0.25) is 0 Å². The molecule has 10 heteroatoms. The number of carboxylic acid groups (broad SMARTS) is 1. The summed E-state index contributed by atoms with van der Waals surface area (Å²) in [5.74, 6) is -1.06. The first kappa shape index (κ1) is 19.8. The van der Waals surface area contributed by atoms with Crippen molar-refractivity contribution in [1.29, 1.82) is 0 Å². The van der Waals surface area contributed by atoms with Crippen LogP contribution >= 0.6 is 27.5 Å². The van der Waals surface area contributed by atoms with Gasteiger partial charge >= 0.3 is 6.09 Å². The number of halogens is 2.